The van der Waals surface area contributed by atoms with E-state index in [2.05, 4.69) is 15.2 Å². The van der Waals surface area contributed by atoms with Crippen molar-refractivity contribution >= 4 is 5.82 Å². The van der Waals surface area contributed by atoms with E-state index >= 15 is 0 Å². The van der Waals surface area contributed by atoms with Crippen LogP contribution in [-0.4, -0.2) is 32.5 Å². The molecule has 1 heterocycles. The van der Waals surface area contributed by atoms with E-state index in [0.717, 1.165) is 0 Å². The van der Waals surface area contributed by atoms with Crippen molar-refractivity contribution in [2.75, 3.05) is 5.48 Å². The summed E-state index contributed by atoms with van der Waals surface area (Å²) in [5.74, 6) is -15.3. The smallest absolute Gasteiger partial charge is 0.290 e. The van der Waals surface area contributed by atoms with E-state index in [0.29, 0.717) is 0 Å². The molecule has 0 amide bonds. The number of anilines is 1. The van der Waals surface area contributed by atoms with Gasteiger partial charge in [0.1, 0.15) is 5.69 Å². The van der Waals surface area contributed by atoms with Crippen molar-refractivity contribution in [3.8, 4) is 11.3 Å². The minimum Gasteiger partial charge on any atom is -0.290 e. The summed E-state index contributed by atoms with van der Waals surface area (Å²) in [5, 5.41) is 14.7. The molecular weight excluding hydrogens is 349 g/mol. The SMILES string of the molecule is ONc1nc(C(F)(F)C(F)(F)C(F)(F)F)nnc1-c1ccccc1. The second kappa shape index (κ2) is 5.85. The van der Waals surface area contributed by atoms with Crippen LogP contribution >= 0.6 is 0 Å². The molecule has 1 aromatic carbocycles. The molecule has 0 radical (unpaired) electrons. The molecule has 0 aliphatic rings. The monoisotopic (exact) mass is 356 g/mol. The summed E-state index contributed by atoms with van der Waals surface area (Å²) in [6, 6.07) is 7.38. The number of aromatic nitrogens is 3. The average molecular weight is 356 g/mol. The fraction of sp³-hybridized carbons (Fsp3) is 0.250. The summed E-state index contributed by atoms with van der Waals surface area (Å²) in [6.45, 7) is 0. The molecule has 0 atom stereocenters. The zero-order chi connectivity index (χ0) is 18.2. The third-order valence-electron chi connectivity index (χ3n) is 2.87. The van der Waals surface area contributed by atoms with E-state index in [4.69, 9.17) is 5.21 Å². The van der Waals surface area contributed by atoms with E-state index in [1.165, 1.54) is 29.7 Å². The highest BCUT2D eigenvalue weighted by molar-refractivity contribution is 5.70. The summed E-state index contributed by atoms with van der Waals surface area (Å²) >= 11 is 0. The van der Waals surface area contributed by atoms with Crippen LogP contribution in [0.3, 0.4) is 0 Å². The zero-order valence-electron chi connectivity index (χ0n) is 11.3. The molecule has 0 saturated carbocycles. The number of hydrogen-bond acceptors (Lipinski definition) is 5. The molecule has 12 heteroatoms. The number of nitrogens with one attached hydrogen (secondary N) is 1. The summed E-state index contributed by atoms with van der Waals surface area (Å²) in [5.41, 5.74) is 1.20. The Morgan fingerprint density at radius 1 is 0.875 bits per heavy atom. The van der Waals surface area contributed by atoms with Crippen LogP contribution in [0.4, 0.5) is 36.6 Å². The lowest BCUT2D eigenvalue weighted by molar-refractivity contribution is -0.361. The first-order valence-electron chi connectivity index (χ1n) is 6.05. The molecule has 0 unspecified atom stereocenters. The van der Waals surface area contributed by atoms with Crippen molar-refractivity contribution in [3.05, 3.63) is 36.2 Å². The quantitative estimate of drug-likeness (QED) is 0.647. The van der Waals surface area contributed by atoms with Crippen LogP contribution in [0.15, 0.2) is 30.3 Å². The van der Waals surface area contributed by atoms with Crippen molar-refractivity contribution < 1.29 is 35.9 Å². The Labute approximate surface area is 129 Å². The number of nitrogens with zero attached hydrogens (tertiary/aromatic N) is 3. The van der Waals surface area contributed by atoms with E-state index in [1.54, 1.807) is 6.07 Å². The predicted octanol–water partition coefficient (Wildman–Crippen LogP) is 3.63. The van der Waals surface area contributed by atoms with E-state index in [1.807, 2.05) is 0 Å². The molecular formula is C12H7F7N4O. The van der Waals surface area contributed by atoms with Gasteiger partial charge in [-0.15, -0.1) is 10.2 Å². The molecule has 0 aliphatic carbocycles. The van der Waals surface area contributed by atoms with Crippen LogP contribution in [0.25, 0.3) is 11.3 Å². The minimum absolute atomic E-state index is 0.200. The van der Waals surface area contributed by atoms with Crippen LogP contribution < -0.4 is 5.48 Å². The first kappa shape index (κ1) is 17.8. The molecule has 0 spiro atoms. The molecule has 1 aromatic heterocycles. The van der Waals surface area contributed by atoms with Crippen LogP contribution in [0.1, 0.15) is 5.82 Å². The van der Waals surface area contributed by atoms with Gasteiger partial charge >= 0.3 is 18.0 Å². The topological polar surface area (TPSA) is 70.9 Å². The summed E-state index contributed by atoms with van der Waals surface area (Å²) < 4.78 is 89.6. The highest BCUT2D eigenvalue weighted by Crippen LogP contribution is 2.50. The van der Waals surface area contributed by atoms with Gasteiger partial charge in [0.25, 0.3) is 0 Å². The molecule has 0 aliphatic heterocycles. The van der Waals surface area contributed by atoms with Crippen LogP contribution in [0.2, 0.25) is 0 Å². The van der Waals surface area contributed by atoms with Gasteiger partial charge in [-0.05, 0) is 0 Å². The highest BCUT2D eigenvalue weighted by atomic mass is 19.4. The Hall–Kier alpha value is -2.50. The summed E-state index contributed by atoms with van der Waals surface area (Å²) in [6.07, 6.45) is -6.54. The lowest BCUT2D eigenvalue weighted by Gasteiger charge is -2.26. The van der Waals surface area contributed by atoms with E-state index in [-0.39, 0.29) is 11.3 Å². The first-order chi connectivity index (χ1) is 11.0. The number of benzene rings is 1. The number of rotatable bonds is 4. The largest absolute Gasteiger partial charge is 0.460 e. The third kappa shape index (κ3) is 2.84. The molecule has 24 heavy (non-hydrogen) atoms. The Kier molecular flexibility index (Phi) is 4.35. The fourth-order valence-electron chi connectivity index (χ4n) is 1.65. The van der Waals surface area contributed by atoms with Gasteiger partial charge in [-0.3, -0.25) is 10.7 Å². The van der Waals surface area contributed by atoms with Crippen LogP contribution in [0.5, 0.6) is 0 Å². The maximum Gasteiger partial charge on any atom is 0.460 e. The van der Waals surface area contributed by atoms with Crippen molar-refractivity contribution in [2.24, 2.45) is 0 Å². The molecule has 0 saturated heterocycles. The predicted molar refractivity (Wildman–Crippen MR) is 65.6 cm³/mol. The normalized spacial score (nSPS) is 13.0. The molecule has 0 fully saturated rings. The average Bonchev–Trinajstić information content (AvgIpc) is 2.53. The van der Waals surface area contributed by atoms with Gasteiger partial charge in [0, 0.05) is 5.56 Å². The number of halogens is 7. The second-order valence-corrected chi connectivity index (χ2v) is 4.46. The van der Waals surface area contributed by atoms with Crippen molar-refractivity contribution in [2.45, 2.75) is 18.0 Å². The minimum atomic E-state index is -6.54. The van der Waals surface area contributed by atoms with E-state index in [9.17, 15) is 30.7 Å². The standard InChI is InChI=1S/C12H7F7N4O/c13-10(14,11(15,16)12(17,18)19)9-20-8(23-24)7(21-22-9)6-4-2-1-3-5-6/h1-5,24H,(H,20,22,23). The zero-order valence-corrected chi connectivity index (χ0v) is 11.3. The summed E-state index contributed by atoms with van der Waals surface area (Å²) in [4.78, 5) is 2.85. The maximum atomic E-state index is 13.5. The van der Waals surface area contributed by atoms with Crippen LogP contribution in [0, 0.1) is 0 Å². The van der Waals surface area contributed by atoms with Gasteiger partial charge in [-0.25, -0.2) is 4.98 Å². The van der Waals surface area contributed by atoms with E-state index < -0.39 is 29.7 Å². The molecule has 2 aromatic rings. The fourth-order valence-corrected chi connectivity index (χ4v) is 1.65. The third-order valence-corrected chi connectivity index (χ3v) is 2.87. The summed E-state index contributed by atoms with van der Waals surface area (Å²) in [7, 11) is 0. The molecule has 2 rings (SSSR count). The van der Waals surface area contributed by atoms with Crippen molar-refractivity contribution in [1.82, 2.24) is 15.2 Å². The van der Waals surface area contributed by atoms with Gasteiger partial charge < -0.3 is 0 Å². The number of alkyl halides is 7. The van der Waals surface area contributed by atoms with Gasteiger partial charge in [-0.2, -0.15) is 30.7 Å². The Bertz CT molecular complexity index is 721. The van der Waals surface area contributed by atoms with Gasteiger partial charge in [-0.1, -0.05) is 30.3 Å². The molecule has 130 valence electrons. The van der Waals surface area contributed by atoms with Crippen molar-refractivity contribution in [3.63, 3.8) is 0 Å². The maximum absolute atomic E-state index is 13.5. The van der Waals surface area contributed by atoms with Gasteiger partial charge in [0.15, 0.2) is 5.82 Å². The van der Waals surface area contributed by atoms with Gasteiger partial charge in [0.2, 0.25) is 5.82 Å². The lowest BCUT2D eigenvalue weighted by atomic mass is 10.1. The van der Waals surface area contributed by atoms with Crippen molar-refractivity contribution in [1.29, 1.82) is 0 Å². The second-order valence-electron chi connectivity index (χ2n) is 4.46. The molecule has 2 N–H and O–H groups in total. The Morgan fingerprint density at radius 3 is 1.96 bits per heavy atom. The highest BCUT2D eigenvalue weighted by Gasteiger charge is 2.75. The Balaban J connectivity index is 2.54. The molecule has 5 nitrogen and oxygen atoms in total. The van der Waals surface area contributed by atoms with Crippen LogP contribution in [-0.2, 0) is 5.92 Å². The lowest BCUT2D eigenvalue weighted by Crippen LogP contribution is -2.50. The Morgan fingerprint density at radius 2 is 1.46 bits per heavy atom. The number of hydrogen-bond donors (Lipinski definition) is 2. The molecule has 0 bridgehead atoms. The first-order valence-corrected chi connectivity index (χ1v) is 6.05. The van der Waals surface area contributed by atoms with Gasteiger partial charge in [0.05, 0.1) is 0 Å².